The van der Waals surface area contributed by atoms with Crippen LogP contribution in [-0.4, -0.2) is 46.3 Å². The fourth-order valence-corrected chi connectivity index (χ4v) is 6.52. The summed E-state index contributed by atoms with van der Waals surface area (Å²) in [6, 6.07) is 25.5. The van der Waals surface area contributed by atoms with Gasteiger partial charge in [-0.25, -0.2) is 0 Å². The lowest BCUT2D eigenvalue weighted by Crippen LogP contribution is -2.26. The standard InChI is InChI=1S/C36H20B2O7/c37-28-29(38)31(40)25-23(17-11-13-21-20(14-17)19-12-10-15-6-4-5-9-18(15)36(19)45-21)27-26(32(41)34(43)35(44)33(27)42)22(24(25)30(28)39)16-7-2-1-3-8-16/h1-14,39-44H. The van der Waals surface area contributed by atoms with E-state index in [9.17, 15) is 30.6 Å². The number of phenolic OH excluding ortho intramolecular Hbond substituents is 6. The quantitative estimate of drug-likeness (QED) is 0.0615. The minimum atomic E-state index is -0.965. The van der Waals surface area contributed by atoms with Crippen LogP contribution in [-0.2, 0) is 0 Å². The molecule has 0 amide bonds. The molecule has 8 aromatic rings. The molecule has 0 bridgehead atoms. The van der Waals surface area contributed by atoms with Gasteiger partial charge in [-0.15, -0.1) is 0 Å². The maximum absolute atomic E-state index is 11.6. The van der Waals surface area contributed by atoms with Gasteiger partial charge in [0.25, 0.3) is 0 Å². The number of hydrogen-bond donors (Lipinski definition) is 6. The lowest BCUT2D eigenvalue weighted by atomic mass is 9.74. The van der Waals surface area contributed by atoms with Gasteiger partial charge >= 0.3 is 0 Å². The van der Waals surface area contributed by atoms with Crippen molar-refractivity contribution in [2.24, 2.45) is 0 Å². The first kappa shape index (κ1) is 26.7. The van der Waals surface area contributed by atoms with E-state index in [1.54, 1.807) is 48.5 Å². The van der Waals surface area contributed by atoms with Gasteiger partial charge in [0.05, 0.1) is 0 Å². The Kier molecular flexibility index (Phi) is 5.49. The zero-order valence-electron chi connectivity index (χ0n) is 23.3. The van der Waals surface area contributed by atoms with Gasteiger partial charge in [0.1, 0.15) is 38.4 Å². The fourth-order valence-electron chi connectivity index (χ4n) is 6.52. The molecule has 45 heavy (non-hydrogen) atoms. The third-order valence-electron chi connectivity index (χ3n) is 8.63. The third kappa shape index (κ3) is 3.49. The number of fused-ring (bicyclic) bond motifs is 7. The molecule has 4 radical (unpaired) electrons. The van der Waals surface area contributed by atoms with E-state index in [1.807, 2.05) is 36.4 Å². The number of phenols is 6. The number of furan rings is 1. The van der Waals surface area contributed by atoms with Gasteiger partial charge in [-0.3, -0.25) is 0 Å². The van der Waals surface area contributed by atoms with Crippen molar-refractivity contribution < 1.29 is 35.1 Å². The van der Waals surface area contributed by atoms with Crippen molar-refractivity contribution >= 4 is 80.9 Å². The second-order valence-corrected chi connectivity index (χ2v) is 11.0. The highest BCUT2D eigenvalue weighted by atomic mass is 16.3. The number of benzene rings is 7. The number of aromatic hydroxyl groups is 6. The monoisotopic (exact) mass is 586 g/mol. The fraction of sp³-hybridized carbons (Fsp3) is 0. The Morgan fingerprint density at radius 2 is 1.00 bits per heavy atom. The van der Waals surface area contributed by atoms with Gasteiger partial charge in [-0.1, -0.05) is 77.7 Å². The Hall–Kier alpha value is -5.95. The summed E-state index contributed by atoms with van der Waals surface area (Å²) >= 11 is 0. The lowest BCUT2D eigenvalue weighted by molar-refractivity contribution is 0.351. The molecule has 6 N–H and O–H groups in total. The largest absolute Gasteiger partial charge is 0.508 e. The van der Waals surface area contributed by atoms with Crippen molar-refractivity contribution in [3.8, 4) is 56.8 Å². The van der Waals surface area contributed by atoms with Gasteiger partial charge in [0, 0.05) is 48.8 Å². The Bertz CT molecular complexity index is 2490. The van der Waals surface area contributed by atoms with Crippen molar-refractivity contribution in [3.05, 3.63) is 84.9 Å². The van der Waals surface area contributed by atoms with Gasteiger partial charge in [-0.05, 0) is 34.7 Å². The van der Waals surface area contributed by atoms with Crippen LogP contribution in [0.25, 0.3) is 76.5 Å². The van der Waals surface area contributed by atoms with Crippen molar-refractivity contribution in [1.29, 1.82) is 0 Å². The van der Waals surface area contributed by atoms with E-state index in [2.05, 4.69) is 0 Å². The summed E-state index contributed by atoms with van der Waals surface area (Å²) in [5.74, 6) is -4.39. The molecule has 0 aliphatic heterocycles. The molecule has 0 unspecified atom stereocenters. The van der Waals surface area contributed by atoms with Crippen LogP contribution in [0.1, 0.15) is 0 Å². The highest BCUT2D eigenvalue weighted by Crippen LogP contribution is 2.58. The van der Waals surface area contributed by atoms with E-state index >= 15 is 0 Å². The maximum atomic E-state index is 11.6. The van der Waals surface area contributed by atoms with Gasteiger partial charge in [-0.2, -0.15) is 0 Å². The van der Waals surface area contributed by atoms with E-state index in [0.717, 1.165) is 16.2 Å². The Balaban J connectivity index is 1.63. The van der Waals surface area contributed by atoms with E-state index in [4.69, 9.17) is 20.1 Å². The molecule has 9 heteroatoms. The van der Waals surface area contributed by atoms with Crippen LogP contribution in [0.5, 0.6) is 34.5 Å². The molecule has 0 spiro atoms. The summed E-state index contributed by atoms with van der Waals surface area (Å²) in [5.41, 5.74) is 1.75. The summed E-state index contributed by atoms with van der Waals surface area (Å²) in [7, 11) is 12.4. The minimum absolute atomic E-state index is 0.00273. The third-order valence-corrected chi connectivity index (χ3v) is 8.63. The van der Waals surface area contributed by atoms with Crippen molar-refractivity contribution in [1.82, 2.24) is 0 Å². The molecular weight excluding hydrogens is 566 g/mol. The molecule has 8 rings (SSSR count). The molecule has 212 valence electrons. The van der Waals surface area contributed by atoms with Crippen molar-refractivity contribution in [2.45, 2.75) is 0 Å². The predicted octanol–water partition coefficient (Wildman–Crippen LogP) is 6.20. The van der Waals surface area contributed by atoms with E-state index in [0.29, 0.717) is 27.7 Å². The highest BCUT2D eigenvalue weighted by Gasteiger charge is 2.31. The molecule has 0 aliphatic carbocycles. The van der Waals surface area contributed by atoms with Crippen LogP contribution in [0.3, 0.4) is 0 Å². The Morgan fingerprint density at radius 1 is 0.444 bits per heavy atom. The zero-order chi connectivity index (χ0) is 31.3. The number of hydrogen-bond acceptors (Lipinski definition) is 7. The van der Waals surface area contributed by atoms with Crippen LogP contribution in [0.2, 0.25) is 0 Å². The summed E-state index contributed by atoms with van der Waals surface area (Å²) in [6.45, 7) is 0. The van der Waals surface area contributed by atoms with E-state index in [-0.39, 0.29) is 43.6 Å². The molecule has 0 saturated heterocycles. The molecule has 0 atom stereocenters. The molecule has 1 aromatic heterocycles. The molecular formula is C36H20B2O7. The Labute approximate surface area is 257 Å². The van der Waals surface area contributed by atoms with Gasteiger partial charge < -0.3 is 35.1 Å². The van der Waals surface area contributed by atoms with Crippen LogP contribution in [0.15, 0.2) is 89.3 Å². The molecule has 0 fully saturated rings. The minimum Gasteiger partial charge on any atom is -0.508 e. The first-order chi connectivity index (χ1) is 21.7. The summed E-state index contributed by atoms with van der Waals surface area (Å²) in [4.78, 5) is 0. The predicted molar refractivity (Wildman–Crippen MR) is 178 cm³/mol. The maximum Gasteiger partial charge on any atom is 0.204 e. The van der Waals surface area contributed by atoms with Crippen LogP contribution in [0, 0.1) is 0 Å². The second-order valence-electron chi connectivity index (χ2n) is 11.0. The smallest absolute Gasteiger partial charge is 0.204 e. The molecule has 0 aliphatic rings. The van der Waals surface area contributed by atoms with Gasteiger partial charge in [0.15, 0.2) is 11.5 Å². The first-order valence-electron chi connectivity index (χ1n) is 14.0. The number of rotatable bonds is 2. The highest BCUT2D eigenvalue weighted by molar-refractivity contribution is 6.53. The second kappa shape index (κ2) is 9.27. The SMILES string of the molecule is [B]c1c([B])c(O)c2c(-c3ccc4oc5c6ccccc6ccc5c4c3)c3c(O)c(O)c(O)c(O)c3c(-c3ccccc3)c2c1O. The zero-order valence-corrected chi connectivity index (χ0v) is 23.3. The van der Waals surface area contributed by atoms with E-state index < -0.39 is 34.5 Å². The van der Waals surface area contributed by atoms with Gasteiger partial charge in [0.2, 0.25) is 11.5 Å². The topological polar surface area (TPSA) is 135 Å². The van der Waals surface area contributed by atoms with Crippen LogP contribution < -0.4 is 10.9 Å². The molecule has 1 heterocycles. The average molecular weight is 586 g/mol. The molecule has 0 saturated carbocycles. The normalized spacial score (nSPS) is 11.8. The summed E-state index contributed by atoms with van der Waals surface area (Å²) in [5, 5.41) is 70.6. The molecule has 7 nitrogen and oxygen atoms in total. The van der Waals surface area contributed by atoms with Crippen LogP contribution in [0.4, 0.5) is 0 Å². The van der Waals surface area contributed by atoms with Crippen molar-refractivity contribution in [3.63, 3.8) is 0 Å². The first-order valence-corrected chi connectivity index (χ1v) is 14.0. The van der Waals surface area contributed by atoms with Crippen molar-refractivity contribution in [2.75, 3.05) is 0 Å². The lowest BCUT2D eigenvalue weighted by Gasteiger charge is -2.23. The molecule has 7 aromatic carbocycles. The average Bonchev–Trinajstić information content (AvgIpc) is 3.45. The summed E-state index contributed by atoms with van der Waals surface area (Å²) < 4.78 is 6.28. The van der Waals surface area contributed by atoms with Crippen LogP contribution >= 0.6 is 0 Å². The Morgan fingerprint density at radius 3 is 1.64 bits per heavy atom. The summed E-state index contributed by atoms with van der Waals surface area (Å²) in [6.07, 6.45) is 0. The van der Waals surface area contributed by atoms with E-state index in [1.165, 1.54) is 0 Å².